The van der Waals surface area contributed by atoms with Gasteiger partial charge in [-0.25, -0.2) is 4.79 Å². The molecule has 0 unspecified atom stereocenters. The lowest BCUT2D eigenvalue weighted by Gasteiger charge is -2.19. The number of carbonyl (C=O) groups excluding carboxylic acids is 3. The molecule has 3 aromatic carbocycles. The number of hydrogen-bond donors (Lipinski definition) is 1. The summed E-state index contributed by atoms with van der Waals surface area (Å²) in [6.07, 6.45) is -0.892. The molecule has 0 heterocycles. The predicted octanol–water partition coefficient (Wildman–Crippen LogP) is 5.48. The van der Waals surface area contributed by atoms with E-state index in [1.165, 1.54) is 19.2 Å². The van der Waals surface area contributed by atoms with Crippen molar-refractivity contribution in [2.24, 2.45) is 0 Å². The van der Waals surface area contributed by atoms with Crippen LogP contribution in [0.1, 0.15) is 45.7 Å². The van der Waals surface area contributed by atoms with Gasteiger partial charge in [-0.2, -0.15) is 0 Å². The van der Waals surface area contributed by atoms with Gasteiger partial charge >= 0.3 is 5.97 Å². The summed E-state index contributed by atoms with van der Waals surface area (Å²) in [5.74, 6) is -1.22. The van der Waals surface area contributed by atoms with Crippen molar-refractivity contribution in [1.82, 2.24) is 0 Å². The Labute approximate surface area is 191 Å². The number of amides is 1. The highest BCUT2D eigenvalue weighted by atomic mass is 35.5. The van der Waals surface area contributed by atoms with Crippen molar-refractivity contribution in [3.8, 4) is 5.75 Å². The van der Waals surface area contributed by atoms with E-state index < -0.39 is 12.1 Å². The number of anilines is 1. The molecular formula is C25H22ClNO5. The van der Waals surface area contributed by atoms with Crippen LogP contribution in [-0.4, -0.2) is 24.8 Å². The van der Waals surface area contributed by atoms with Gasteiger partial charge in [0.15, 0.2) is 6.10 Å². The zero-order chi connectivity index (χ0) is 23.1. The van der Waals surface area contributed by atoms with Crippen molar-refractivity contribution >= 4 is 34.9 Å². The van der Waals surface area contributed by atoms with E-state index in [1.807, 2.05) is 6.07 Å². The number of ether oxygens (including phenoxy) is 2. The fraction of sp³-hybridized carbons (Fsp3) is 0.160. The molecule has 0 fully saturated rings. The number of halogens is 1. The molecule has 0 saturated heterocycles. The largest absolute Gasteiger partial charge is 0.496 e. The molecule has 164 valence electrons. The van der Waals surface area contributed by atoms with Crippen LogP contribution in [0, 0.1) is 0 Å². The first-order valence-electron chi connectivity index (χ1n) is 9.97. The zero-order valence-corrected chi connectivity index (χ0v) is 18.4. The third-order valence-corrected chi connectivity index (χ3v) is 5.04. The number of esters is 1. The van der Waals surface area contributed by atoms with Gasteiger partial charge in [0.25, 0.3) is 0 Å². The molecule has 0 aliphatic heterocycles. The average Bonchev–Trinajstić information content (AvgIpc) is 2.83. The van der Waals surface area contributed by atoms with Gasteiger partial charge in [0.05, 0.1) is 17.8 Å². The van der Waals surface area contributed by atoms with E-state index in [2.05, 4.69) is 5.32 Å². The molecule has 0 aliphatic carbocycles. The van der Waals surface area contributed by atoms with Gasteiger partial charge in [0.2, 0.25) is 11.7 Å². The van der Waals surface area contributed by atoms with Crippen LogP contribution in [0.25, 0.3) is 0 Å². The molecule has 0 bridgehead atoms. The van der Waals surface area contributed by atoms with Crippen LogP contribution in [0.2, 0.25) is 5.02 Å². The molecule has 3 rings (SSSR count). The zero-order valence-electron chi connectivity index (χ0n) is 17.6. The SMILES string of the molecule is CCC(=O)Nc1cc(OC)c(C(=O)O[C@H](C(=O)c2ccccc2)c2ccccc2)cc1Cl. The molecule has 32 heavy (non-hydrogen) atoms. The second-order valence-corrected chi connectivity index (χ2v) is 7.27. The highest BCUT2D eigenvalue weighted by Gasteiger charge is 2.28. The Hall–Kier alpha value is -3.64. The Balaban J connectivity index is 1.95. The fourth-order valence-corrected chi connectivity index (χ4v) is 3.25. The number of methoxy groups -OCH3 is 1. The second kappa shape index (κ2) is 10.6. The third kappa shape index (κ3) is 5.34. The summed E-state index contributed by atoms with van der Waals surface area (Å²) < 4.78 is 11.0. The molecule has 1 N–H and O–H groups in total. The first-order valence-corrected chi connectivity index (χ1v) is 10.3. The van der Waals surface area contributed by atoms with Crippen molar-refractivity contribution in [3.05, 3.63) is 94.5 Å². The summed E-state index contributed by atoms with van der Waals surface area (Å²) in [5.41, 5.74) is 1.30. The number of carbonyl (C=O) groups is 3. The van der Waals surface area contributed by atoms with Gasteiger partial charge in [-0.15, -0.1) is 0 Å². The molecule has 7 heteroatoms. The quantitative estimate of drug-likeness (QED) is 0.362. The standard InChI is InChI=1S/C25H22ClNO5/c1-3-22(28)27-20-15-21(31-2)18(14-19(20)26)25(30)32-24(17-12-8-5-9-13-17)23(29)16-10-6-4-7-11-16/h4-15,24H,3H2,1-2H3,(H,27,28)/t24-/m0/s1. The van der Waals surface area contributed by atoms with Crippen LogP contribution in [-0.2, 0) is 9.53 Å². The van der Waals surface area contributed by atoms with E-state index in [0.29, 0.717) is 16.8 Å². The van der Waals surface area contributed by atoms with E-state index >= 15 is 0 Å². The Morgan fingerprint density at radius 1 is 0.969 bits per heavy atom. The molecule has 0 aromatic heterocycles. The van der Waals surface area contributed by atoms with Crippen molar-refractivity contribution in [2.45, 2.75) is 19.4 Å². The van der Waals surface area contributed by atoms with E-state index in [0.717, 1.165) is 0 Å². The summed E-state index contributed by atoms with van der Waals surface area (Å²) in [6.45, 7) is 1.71. The number of hydrogen-bond acceptors (Lipinski definition) is 5. The van der Waals surface area contributed by atoms with E-state index in [9.17, 15) is 14.4 Å². The fourth-order valence-electron chi connectivity index (χ4n) is 3.04. The molecule has 1 amide bonds. The Morgan fingerprint density at radius 3 is 2.19 bits per heavy atom. The maximum absolute atomic E-state index is 13.2. The second-order valence-electron chi connectivity index (χ2n) is 6.86. The molecule has 6 nitrogen and oxygen atoms in total. The van der Waals surface area contributed by atoms with Gasteiger partial charge in [0.1, 0.15) is 11.3 Å². The van der Waals surface area contributed by atoms with Crippen LogP contribution in [0.15, 0.2) is 72.8 Å². The monoisotopic (exact) mass is 451 g/mol. The number of ketones is 1. The van der Waals surface area contributed by atoms with Crippen molar-refractivity contribution < 1.29 is 23.9 Å². The van der Waals surface area contributed by atoms with Crippen LogP contribution in [0.5, 0.6) is 5.75 Å². The highest BCUT2D eigenvalue weighted by molar-refractivity contribution is 6.34. The smallest absolute Gasteiger partial charge is 0.343 e. The van der Waals surface area contributed by atoms with E-state index in [1.54, 1.807) is 61.5 Å². The van der Waals surface area contributed by atoms with Crippen molar-refractivity contribution in [3.63, 3.8) is 0 Å². The summed E-state index contributed by atoms with van der Waals surface area (Å²) in [7, 11) is 1.38. The summed E-state index contributed by atoms with van der Waals surface area (Å²) >= 11 is 6.27. The number of rotatable bonds is 8. The van der Waals surface area contributed by atoms with Gasteiger partial charge in [-0.1, -0.05) is 79.2 Å². The van der Waals surface area contributed by atoms with Gasteiger partial charge in [0, 0.05) is 23.6 Å². The third-order valence-electron chi connectivity index (χ3n) is 4.73. The maximum atomic E-state index is 13.2. The molecule has 0 radical (unpaired) electrons. The Kier molecular flexibility index (Phi) is 7.63. The average molecular weight is 452 g/mol. The predicted molar refractivity (Wildman–Crippen MR) is 122 cm³/mol. The lowest BCUT2D eigenvalue weighted by molar-refractivity contribution is -0.115. The minimum Gasteiger partial charge on any atom is -0.496 e. The molecule has 0 spiro atoms. The van der Waals surface area contributed by atoms with Crippen molar-refractivity contribution in [2.75, 3.05) is 12.4 Å². The summed E-state index contributed by atoms with van der Waals surface area (Å²) in [6, 6.07) is 20.2. The lowest BCUT2D eigenvalue weighted by Crippen LogP contribution is -2.21. The van der Waals surface area contributed by atoms with Crippen LogP contribution >= 0.6 is 11.6 Å². The first-order chi connectivity index (χ1) is 15.4. The minimum atomic E-state index is -1.16. The number of nitrogens with one attached hydrogen (secondary N) is 1. The first kappa shape index (κ1) is 23.0. The van der Waals surface area contributed by atoms with Gasteiger partial charge in [-0.3, -0.25) is 9.59 Å². The summed E-state index contributed by atoms with van der Waals surface area (Å²) in [5, 5.41) is 2.79. The van der Waals surface area contributed by atoms with E-state index in [-0.39, 0.29) is 34.4 Å². The highest BCUT2D eigenvalue weighted by Crippen LogP contribution is 2.33. The lowest BCUT2D eigenvalue weighted by atomic mass is 9.99. The Morgan fingerprint density at radius 2 is 1.59 bits per heavy atom. The molecular weight excluding hydrogens is 430 g/mol. The number of benzene rings is 3. The van der Waals surface area contributed by atoms with Crippen LogP contribution in [0.4, 0.5) is 5.69 Å². The Bertz CT molecular complexity index is 1120. The normalized spacial score (nSPS) is 11.3. The van der Waals surface area contributed by atoms with Gasteiger partial charge < -0.3 is 14.8 Å². The molecule has 3 aromatic rings. The van der Waals surface area contributed by atoms with Gasteiger partial charge in [-0.05, 0) is 6.07 Å². The molecule has 0 saturated carbocycles. The topological polar surface area (TPSA) is 81.7 Å². The molecule has 1 atom stereocenters. The minimum absolute atomic E-state index is 0.0359. The molecule has 0 aliphatic rings. The van der Waals surface area contributed by atoms with Crippen LogP contribution < -0.4 is 10.1 Å². The maximum Gasteiger partial charge on any atom is 0.343 e. The number of Topliss-reactive ketones (excluding diaryl/α,β-unsaturated/α-hetero) is 1. The van der Waals surface area contributed by atoms with Crippen LogP contribution in [0.3, 0.4) is 0 Å². The summed E-state index contributed by atoms with van der Waals surface area (Å²) in [4.78, 5) is 38.0. The van der Waals surface area contributed by atoms with Crippen molar-refractivity contribution in [1.29, 1.82) is 0 Å². The van der Waals surface area contributed by atoms with E-state index in [4.69, 9.17) is 21.1 Å².